The Morgan fingerprint density at radius 1 is 1.58 bits per heavy atom. The highest BCUT2D eigenvalue weighted by molar-refractivity contribution is 5.73. The van der Waals surface area contributed by atoms with Crippen molar-refractivity contribution in [2.24, 2.45) is 5.73 Å². The van der Waals surface area contributed by atoms with Gasteiger partial charge in [0, 0.05) is 6.42 Å². The second kappa shape index (κ2) is 7.10. The first kappa shape index (κ1) is 11.4. The molecule has 0 spiro atoms. The van der Waals surface area contributed by atoms with E-state index in [1.165, 1.54) is 0 Å². The van der Waals surface area contributed by atoms with Gasteiger partial charge in [0.25, 0.3) is 0 Å². The first-order valence-electron chi connectivity index (χ1n) is 4.56. The molecular formula is C9H19NO2. The van der Waals surface area contributed by atoms with Crippen molar-refractivity contribution < 1.29 is 9.53 Å². The molecular weight excluding hydrogens is 154 g/mol. The van der Waals surface area contributed by atoms with Gasteiger partial charge < -0.3 is 10.5 Å². The number of hydrogen-bond donors (Lipinski definition) is 1. The van der Waals surface area contributed by atoms with E-state index in [-0.39, 0.29) is 5.91 Å². The normalized spacial score (nSPS) is 19.3. The van der Waals surface area contributed by atoms with Gasteiger partial charge in [0.1, 0.15) is 0 Å². The minimum Gasteiger partial charge on any atom is -0.373 e. The van der Waals surface area contributed by atoms with Crippen LogP contribution in [0.25, 0.3) is 0 Å². The fraction of sp³-hybridized carbons (Fsp3) is 0.889. The van der Waals surface area contributed by atoms with Crippen LogP contribution in [0.5, 0.6) is 0 Å². The number of carbonyl (C=O) groups excluding carboxylic acids is 1. The third-order valence-electron chi connectivity index (χ3n) is 1.53. The van der Waals surface area contributed by atoms with Gasteiger partial charge in [-0.25, -0.2) is 0 Å². The van der Waals surface area contributed by atoms with Crippen LogP contribution in [0.4, 0.5) is 0 Å². The highest BCUT2D eigenvalue weighted by Gasteiger charge is 2.13. The van der Waals surface area contributed by atoms with Gasteiger partial charge in [-0.1, -0.05) is 19.8 Å². The van der Waals surface area contributed by atoms with Crippen molar-refractivity contribution in [1.82, 2.24) is 0 Å². The lowest BCUT2D eigenvalue weighted by atomic mass is 10.2. The first-order chi connectivity index (χ1) is 5.66. The molecule has 0 aromatic heterocycles. The molecule has 0 aliphatic carbocycles. The molecule has 2 N–H and O–H groups in total. The first-order valence-corrected chi connectivity index (χ1v) is 4.56. The Hall–Kier alpha value is -0.570. The Balaban J connectivity index is 0.000000247. The quantitative estimate of drug-likeness (QED) is 0.517. The van der Waals surface area contributed by atoms with Crippen LogP contribution in [0.2, 0.25) is 0 Å². The molecule has 3 heteroatoms. The zero-order chi connectivity index (χ0) is 9.40. The number of hydrogen-bond acceptors (Lipinski definition) is 2. The van der Waals surface area contributed by atoms with E-state index < -0.39 is 0 Å². The molecule has 0 radical (unpaired) electrons. The number of ether oxygens (including phenoxy) is 1. The zero-order valence-corrected chi connectivity index (χ0v) is 8.01. The predicted octanol–water partition coefficient (Wildman–Crippen LogP) is 1.46. The van der Waals surface area contributed by atoms with E-state index in [2.05, 4.69) is 13.8 Å². The Morgan fingerprint density at radius 2 is 2.08 bits per heavy atom. The number of primary amides is 1. The molecule has 1 heterocycles. The van der Waals surface area contributed by atoms with E-state index in [0.717, 1.165) is 25.9 Å². The van der Waals surface area contributed by atoms with Crippen molar-refractivity contribution >= 4 is 5.91 Å². The number of rotatable bonds is 4. The summed E-state index contributed by atoms with van der Waals surface area (Å²) in [5, 5.41) is 0. The van der Waals surface area contributed by atoms with E-state index in [1.807, 2.05) is 0 Å². The number of epoxide rings is 1. The lowest BCUT2D eigenvalue weighted by molar-refractivity contribution is -0.118. The molecule has 0 saturated carbocycles. The van der Waals surface area contributed by atoms with E-state index >= 15 is 0 Å². The van der Waals surface area contributed by atoms with Gasteiger partial charge >= 0.3 is 0 Å². The van der Waals surface area contributed by atoms with Crippen molar-refractivity contribution in [3.05, 3.63) is 0 Å². The Morgan fingerprint density at radius 3 is 2.33 bits per heavy atom. The second-order valence-electron chi connectivity index (χ2n) is 3.07. The molecule has 1 atom stereocenters. The molecule has 1 unspecified atom stereocenters. The summed E-state index contributed by atoms with van der Waals surface area (Å²) in [6.07, 6.45) is 4.34. The summed E-state index contributed by atoms with van der Waals surface area (Å²) in [5.74, 6) is -0.182. The average Bonchev–Trinajstić information content (AvgIpc) is 2.73. The number of nitrogens with two attached hydrogens (primary N) is 1. The fourth-order valence-electron chi connectivity index (χ4n) is 0.645. The van der Waals surface area contributed by atoms with E-state index in [9.17, 15) is 4.79 Å². The molecule has 1 rings (SSSR count). The van der Waals surface area contributed by atoms with Gasteiger partial charge in [-0.2, -0.15) is 0 Å². The molecule has 1 amide bonds. The van der Waals surface area contributed by atoms with E-state index in [0.29, 0.717) is 12.5 Å². The highest BCUT2D eigenvalue weighted by atomic mass is 16.6. The third kappa shape index (κ3) is 12.1. The number of amides is 1. The Labute approximate surface area is 74.3 Å². The monoisotopic (exact) mass is 173 g/mol. The molecule has 0 bridgehead atoms. The summed E-state index contributed by atoms with van der Waals surface area (Å²) in [5.41, 5.74) is 4.89. The van der Waals surface area contributed by atoms with E-state index in [4.69, 9.17) is 10.5 Å². The second-order valence-corrected chi connectivity index (χ2v) is 3.07. The van der Waals surface area contributed by atoms with Crippen LogP contribution < -0.4 is 5.73 Å². The summed E-state index contributed by atoms with van der Waals surface area (Å²) in [6.45, 7) is 5.14. The van der Waals surface area contributed by atoms with Crippen molar-refractivity contribution in [1.29, 1.82) is 0 Å². The average molecular weight is 173 g/mol. The summed E-state index contributed by atoms with van der Waals surface area (Å²) >= 11 is 0. The SMILES string of the molecule is CC1CO1.CCCCCC(N)=O. The third-order valence-corrected chi connectivity index (χ3v) is 1.53. The zero-order valence-electron chi connectivity index (χ0n) is 8.01. The molecule has 1 aliphatic rings. The fourth-order valence-corrected chi connectivity index (χ4v) is 0.645. The van der Waals surface area contributed by atoms with Gasteiger partial charge in [-0.15, -0.1) is 0 Å². The van der Waals surface area contributed by atoms with Crippen molar-refractivity contribution in [2.75, 3.05) is 6.61 Å². The Bertz CT molecular complexity index is 122. The van der Waals surface area contributed by atoms with Gasteiger partial charge in [0.15, 0.2) is 0 Å². The predicted molar refractivity (Wildman–Crippen MR) is 48.8 cm³/mol. The van der Waals surface area contributed by atoms with Crippen molar-refractivity contribution in [3.63, 3.8) is 0 Å². The van der Waals surface area contributed by atoms with Crippen molar-refractivity contribution in [3.8, 4) is 0 Å². The van der Waals surface area contributed by atoms with Crippen LogP contribution in [0.15, 0.2) is 0 Å². The number of unbranched alkanes of at least 4 members (excludes halogenated alkanes) is 2. The molecule has 12 heavy (non-hydrogen) atoms. The standard InChI is InChI=1S/C6H13NO.C3H6O/c1-2-3-4-5-6(7)8;1-3-2-4-3/h2-5H2,1H3,(H2,7,8);3H,2H2,1H3. The van der Waals surface area contributed by atoms with Crippen molar-refractivity contribution in [2.45, 2.75) is 45.6 Å². The molecule has 1 fully saturated rings. The molecule has 0 aromatic carbocycles. The molecule has 3 nitrogen and oxygen atoms in total. The molecule has 1 saturated heterocycles. The molecule has 1 aliphatic heterocycles. The van der Waals surface area contributed by atoms with Crippen LogP contribution in [-0.2, 0) is 9.53 Å². The number of carbonyl (C=O) groups is 1. The summed E-state index contributed by atoms with van der Waals surface area (Å²) in [4.78, 5) is 10.1. The lowest BCUT2D eigenvalue weighted by Gasteiger charge is -1.90. The van der Waals surface area contributed by atoms with Gasteiger partial charge in [-0.05, 0) is 13.3 Å². The topological polar surface area (TPSA) is 55.6 Å². The van der Waals surface area contributed by atoms with Gasteiger partial charge in [0.2, 0.25) is 5.91 Å². The summed E-state index contributed by atoms with van der Waals surface area (Å²) in [7, 11) is 0. The Kier molecular flexibility index (Phi) is 6.76. The van der Waals surface area contributed by atoms with Gasteiger partial charge in [0.05, 0.1) is 12.7 Å². The highest BCUT2D eigenvalue weighted by Crippen LogP contribution is 2.04. The van der Waals surface area contributed by atoms with Crippen LogP contribution >= 0.6 is 0 Å². The van der Waals surface area contributed by atoms with Crippen LogP contribution in [0.1, 0.15) is 39.5 Å². The maximum Gasteiger partial charge on any atom is 0.217 e. The van der Waals surface area contributed by atoms with Crippen LogP contribution in [0, 0.1) is 0 Å². The molecule has 72 valence electrons. The van der Waals surface area contributed by atoms with Gasteiger partial charge in [-0.3, -0.25) is 4.79 Å². The minimum atomic E-state index is -0.182. The lowest BCUT2D eigenvalue weighted by Crippen LogP contribution is -2.09. The summed E-state index contributed by atoms with van der Waals surface area (Å²) in [6, 6.07) is 0. The largest absolute Gasteiger partial charge is 0.373 e. The minimum absolute atomic E-state index is 0.182. The maximum absolute atomic E-state index is 10.1. The molecule has 0 aromatic rings. The maximum atomic E-state index is 10.1. The van der Waals surface area contributed by atoms with Crippen LogP contribution in [0.3, 0.4) is 0 Å². The van der Waals surface area contributed by atoms with Crippen LogP contribution in [-0.4, -0.2) is 18.6 Å². The smallest absolute Gasteiger partial charge is 0.217 e. The summed E-state index contributed by atoms with van der Waals surface area (Å²) < 4.78 is 4.71. The van der Waals surface area contributed by atoms with E-state index in [1.54, 1.807) is 0 Å².